The first-order valence-corrected chi connectivity index (χ1v) is 7.57. The molecule has 3 N–H and O–H groups in total. The molecule has 0 saturated heterocycles. The van der Waals surface area contributed by atoms with E-state index < -0.39 is 0 Å². The van der Waals surface area contributed by atoms with E-state index in [1.54, 1.807) is 12.1 Å². The topological polar surface area (TPSA) is 61.8 Å². The second-order valence-electron chi connectivity index (χ2n) is 6.14. The summed E-state index contributed by atoms with van der Waals surface area (Å²) in [6.07, 6.45) is 4.66. The van der Waals surface area contributed by atoms with Crippen LogP contribution in [-0.4, -0.2) is 23.6 Å². The smallest absolute Gasteiger partial charge is 0.170 e. The van der Waals surface area contributed by atoms with Crippen LogP contribution >= 0.6 is 0 Å². The molecule has 116 valence electrons. The van der Waals surface area contributed by atoms with Gasteiger partial charge in [-0.2, -0.15) is 0 Å². The van der Waals surface area contributed by atoms with Gasteiger partial charge in [0.1, 0.15) is 5.82 Å². The van der Waals surface area contributed by atoms with E-state index >= 15 is 0 Å². The molecule has 0 bridgehead atoms. The third-order valence-corrected chi connectivity index (χ3v) is 3.99. The van der Waals surface area contributed by atoms with Gasteiger partial charge < -0.3 is 15.8 Å². The first-order chi connectivity index (χ1) is 10.0. The molecule has 0 radical (unpaired) electrons. The van der Waals surface area contributed by atoms with Gasteiger partial charge >= 0.3 is 0 Å². The molecule has 0 heterocycles. The third-order valence-electron chi connectivity index (χ3n) is 3.99. The number of benzene rings is 1. The molecule has 1 aromatic rings. The van der Waals surface area contributed by atoms with Crippen molar-refractivity contribution in [2.24, 2.45) is 16.8 Å². The standard InChI is InChI=1S/C16H24FN3O/c1-11(2)10-20(13-5-3-4-6-13)15-8-7-12(9-14(15)17)16(18)19-21/h7-9,11,13,21H,3-6,10H2,1-2H3,(H2,18,19). The molecule has 1 aliphatic rings. The zero-order valence-corrected chi connectivity index (χ0v) is 12.7. The highest BCUT2D eigenvalue weighted by molar-refractivity contribution is 5.97. The third kappa shape index (κ3) is 3.65. The first-order valence-electron chi connectivity index (χ1n) is 7.57. The van der Waals surface area contributed by atoms with Gasteiger partial charge in [0.25, 0.3) is 0 Å². The minimum atomic E-state index is -0.313. The Morgan fingerprint density at radius 1 is 1.43 bits per heavy atom. The van der Waals surface area contributed by atoms with E-state index in [1.807, 2.05) is 0 Å². The average molecular weight is 293 g/mol. The van der Waals surface area contributed by atoms with Gasteiger partial charge in [-0.15, -0.1) is 0 Å². The quantitative estimate of drug-likeness (QED) is 0.379. The summed E-state index contributed by atoms with van der Waals surface area (Å²) in [5.74, 6) is 0.0807. The van der Waals surface area contributed by atoms with Crippen molar-refractivity contribution >= 4 is 11.5 Å². The van der Waals surface area contributed by atoms with Gasteiger partial charge in [0.05, 0.1) is 5.69 Å². The van der Waals surface area contributed by atoms with E-state index in [-0.39, 0.29) is 11.7 Å². The van der Waals surface area contributed by atoms with Crippen molar-refractivity contribution < 1.29 is 9.60 Å². The summed E-state index contributed by atoms with van der Waals surface area (Å²) >= 11 is 0. The zero-order chi connectivity index (χ0) is 15.4. The average Bonchev–Trinajstić information content (AvgIpc) is 2.98. The van der Waals surface area contributed by atoms with Crippen LogP contribution in [0, 0.1) is 11.7 Å². The summed E-state index contributed by atoms with van der Waals surface area (Å²) < 4.78 is 14.5. The van der Waals surface area contributed by atoms with Gasteiger partial charge in [-0.25, -0.2) is 4.39 Å². The summed E-state index contributed by atoms with van der Waals surface area (Å²) in [5, 5.41) is 11.6. The number of amidine groups is 1. The molecule has 0 amide bonds. The molecular formula is C16H24FN3O. The fourth-order valence-electron chi connectivity index (χ4n) is 3.01. The molecule has 0 aliphatic heterocycles. The molecule has 0 atom stereocenters. The van der Waals surface area contributed by atoms with Crippen molar-refractivity contribution in [1.29, 1.82) is 0 Å². The lowest BCUT2D eigenvalue weighted by atomic mass is 10.1. The summed E-state index contributed by atoms with van der Waals surface area (Å²) in [6.45, 7) is 5.12. The van der Waals surface area contributed by atoms with Gasteiger partial charge in [-0.05, 0) is 37.0 Å². The van der Waals surface area contributed by atoms with E-state index in [1.165, 1.54) is 18.9 Å². The number of nitrogens with two attached hydrogens (primary N) is 1. The molecular weight excluding hydrogens is 269 g/mol. The van der Waals surface area contributed by atoms with Crippen LogP contribution in [0.15, 0.2) is 23.4 Å². The van der Waals surface area contributed by atoms with Crippen LogP contribution in [0.4, 0.5) is 10.1 Å². The van der Waals surface area contributed by atoms with Crippen LogP contribution in [-0.2, 0) is 0 Å². The van der Waals surface area contributed by atoms with Crippen LogP contribution in [0.3, 0.4) is 0 Å². The number of anilines is 1. The van der Waals surface area contributed by atoms with Crippen LogP contribution < -0.4 is 10.6 Å². The van der Waals surface area contributed by atoms with E-state index in [0.717, 1.165) is 19.4 Å². The summed E-state index contributed by atoms with van der Waals surface area (Å²) in [5.41, 5.74) is 6.53. The zero-order valence-electron chi connectivity index (χ0n) is 12.7. The minimum absolute atomic E-state index is 0.0725. The largest absolute Gasteiger partial charge is 0.409 e. The Labute approximate surface area is 125 Å². The molecule has 1 saturated carbocycles. The predicted octanol–water partition coefficient (Wildman–Crippen LogP) is 3.33. The summed E-state index contributed by atoms with van der Waals surface area (Å²) in [7, 11) is 0. The Bertz CT molecular complexity index is 510. The van der Waals surface area contributed by atoms with Crippen molar-refractivity contribution in [2.45, 2.75) is 45.6 Å². The highest BCUT2D eigenvalue weighted by Gasteiger charge is 2.25. The Kier molecular flexibility index (Phi) is 5.04. The molecule has 0 spiro atoms. The number of halogens is 1. The van der Waals surface area contributed by atoms with Gasteiger partial charge in [0.2, 0.25) is 0 Å². The number of hydrogen-bond acceptors (Lipinski definition) is 3. The second-order valence-corrected chi connectivity index (χ2v) is 6.14. The van der Waals surface area contributed by atoms with Gasteiger partial charge in [0.15, 0.2) is 5.84 Å². The fraction of sp³-hybridized carbons (Fsp3) is 0.562. The van der Waals surface area contributed by atoms with Crippen molar-refractivity contribution in [3.63, 3.8) is 0 Å². The lowest BCUT2D eigenvalue weighted by Gasteiger charge is -2.33. The highest BCUT2D eigenvalue weighted by atomic mass is 19.1. The number of hydrogen-bond donors (Lipinski definition) is 2. The number of rotatable bonds is 5. The first kappa shape index (κ1) is 15.6. The molecule has 21 heavy (non-hydrogen) atoms. The van der Waals surface area contributed by atoms with E-state index in [4.69, 9.17) is 10.9 Å². The van der Waals surface area contributed by atoms with Crippen molar-refractivity contribution in [3.8, 4) is 0 Å². The lowest BCUT2D eigenvalue weighted by Crippen LogP contribution is -2.37. The second kappa shape index (κ2) is 6.78. The number of nitrogens with zero attached hydrogens (tertiary/aromatic N) is 2. The molecule has 1 aliphatic carbocycles. The highest BCUT2D eigenvalue weighted by Crippen LogP contribution is 2.31. The maximum Gasteiger partial charge on any atom is 0.170 e. The molecule has 1 fully saturated rings. The molecule has 4 nitrogen and oxygen atoms in total. The minimum Gasteiger partial charge on any atom is -0.409 e. The van der Waals surface area contributed by atoms with Crippen LogP contribution in [0.1, 0.15) is 45.1 Å². The Morgan fingerprint density at radius 2 is 2.10 bits per heavy atom. The lowest BCUT2D eigenvalue weighted by molar-refractivity contribution is 0.318. The van der Waals surface area contributed by atoms with E-state index in [0.29, 0.717) is 23.2 Å². The van der Waals surface area contributed by atoms with Gasteiger partial charge in [-0.3, -0.25) is 0 Å². The normalized spacial score (nSPS) is 16.7. The summed E-state index contributed by atoms with van der Waals surface area (Å²) in [6, 6.07) is 5.20. The van der Waals surface area contributed by atoms with E-state index in [2.05, 4.69) is 23.9 Å². The number of oxime groups is 1. The molecule has 1 aromatic carbocycles. The Hall–Kier alpha value is -1.78. The van der Waals surface area contributed by atoms with Crippen LogP contribution in [0.2, 0.25) is 0 Å². The Morgan fingerprint density at radius 3 is 2.62 bits per heavy atom. The van der Waals surface area contributed by atoms with Crippen molar-refractivity contribution in [2.75, 3.05) is 11.4 Å². The van der Waals surface area contributed by atoms with Gasteiger partial charge in [-0.1, -0.05) is 31.8 Å². The Balaban J connectivity index is 2.31. The molecule has 0 unspecified atom stereocenters. The fourth-order valence-corrected chi connectivity index (χ4v) is 3.01. The van der Waals surface area contributed by atoms with Crippen LogP contribution in [0.25, 0.3) is 0 Å². The van der Waals surface area contributed by atoms with Crippen molar-refractivity contribution in [1.82, 2.24) is 0 Å². The molecule has 5 heteroatoms. The van der Waals surface area contributed by atoms with Gasteiger partial charge in [0, 0.05) is 18.2 Å². The monoisotopic (exact) mass is 293 g/mol. The van der Waals surface area contributed by atoms with Crippen LogP contribution in [0.5, 0.6) is 0 Å². The predicted molar refractivity (Wildman–Crippen MR) is 83.4 cm³/mol. The van der Waals surface area contributed by atoms with Crippen molar-refractivity contribution in [3.05, 3.63) is 29.6 Å². The summed E-state index contributed by atoms with van der Waals surface area (Å²) in [4.78, 5) is 2.18. The maximum atomic E-state index is 14.5. The molecule has 0 aromatic heterocycles. The van der Waals surface area contributed by atoms with E-state index in [9.17, 15) is 4.39 Å². The SMILES string of the molecule is CC(C)CN(c1ccc(/C(N)=N/O)cc1F)C1CCCC1. The molecule has 2 rings (SSSR count). The maximum absolute atomic E-state index is 14.5.